The molecule has 1 fully saturated rings. The highest BCUT2D eigenvalue weighted by atomic mass is 32.2. The summed E-state index contributed by atoms with van der Waals surface area (Å²) >= 11 is 0. The zero-order valence-corrected chi connectivity index (χ0v) is 11.6. The Kier molecular flexibility index (Phi) is 4.21. The molecule has 1 aliphatic rings. The molecule has 0 aromatic heterocycles. The van der Waals surface area contributed by atoms with E-state index in [-0.39, 0.29) is 5.75 Å². The summed E-state index contributed by atoms with van der Waals surface area (Å²) in [4.78, 5) is 11.6. The topological polar surface area (TPSA) is 63.7 Å². The molecule has 0 amide bonds. The minimum Gasteiger partial charge on any atom is -0.468 e. The molecule has 0 spiro atoms. The largest absolute Gasteiger partial charge is 0.468 e. The van der Waals surface area contributed by atoms with Gasteiger partial charge in [-0.2, -0.15) is 4.31 Å². The predicted octanol–water partition coefficient (Wildman–Crippen LogP) is 1.15. The number of esters is 1. The zero-order valence-electron chi connectivity index (χ0n) is 10.8. The van der Waals surface area contributed by atoms with Crippen molar-refractivity contribution in [3.63, 3.8) is 0 Å². The van der Waals surface area contributed by atoms with Crippen molar-refractivity contribution in [3.8, 4) is 0 Å². The van der Waals surface area contributed by atoms with Crippen LogP contribution >= 0.6 is 0 Å². The van der Waals surface area contributed by atoms with Crippen LogP contribution in [-0.2, 0) is 25.3 Å². The average molecular weight is 283 g/mol. The van der Waals surface area contributed by atoms with E-state index in [9.17, 15) is 13.2 Å². The summed E-state index contributed by atoms with van der Waals surface area (Å²) in [6, 6.07) is 8.29. The van der Waals surface area contributed by atoms with E-state index in [1.165, 1.54) is 11.4 Å². The summed E-state index contributed by atoms with van der Waals surface area (Å²) < 4.78 is 30.6. The van der Waals surface area contributed by atoms with Gasteiger partial charge >= 0.3 is 5.97 Å². The van der Waals surface area contributed by atoms with Gasteiger partial charge in [0.05, 0.1) is 12.9 Å². The van der Waals surface area contributed by atoms with Crippen LogP contribution in [0.3, 0.4) is 0 Å². The van der Waals surface area contributed by atoms with Gasteiger partial charge in [0, 0.05) is 6.54 Å². The van der Waals surface area contributed by atoms with E-state index >= 15 is 0 Å². The van der Waals surface area contributed by atoms with Crippen molar-refractivity contribution in [2.24, 2.45) is 0 Å². The van der Waals surface area contributed by atoms with Crippen LogP contribution in [0.1, 0.15) is 18.4 Å². The summed E-state index contributed by atoms with van der Waals surface area (Å²) in [5, 5.41) is 0. The molecule has 2 rings (SSSR count). The molecule has 1 aromatic rings. The summed E-state index contributed by atoms with van der Waals surface area (Å²) in [6.07, 6.45) is 1.22. The summed E-state index contributed by atoms with van der Waals surface area (Å²) in [6.45, 7) is 0.384. The Labute approximate surface area is 113 Å². The van der Waals surface area contributed by atoms with Gasteiger partial charge in [-0.15, -0.1) is 0 Å². The lowest BCUT2D eigenvalue weighted by Gasteiger charge is -2.22. The molecule has 5 nitrogen and oxygen atoms in total. The van der Waals surface area contributed by atoms with E-state index in [0.717, 1.165) is 5.56 Å². The lowest BCUT2D eigenvalue weighted by molar-refractivity contribution is -0.144. The second-order valence-electron chi connectivity index (χ2n) is 4.53. The third kappa shape index (κ3) is 3.13. The fourth-order valence-corrected chi connectivity index (χ4v) is 4.08. The molecule has 0 N–H and O–H groups in total. The van der Waals surface area contributed by atoms with Gasteiger partial charge in [0.25, 0.3) is 0 Å². The van der Waals surface area contributed by atoms with E-state index < -0.39 is 22.0 Å². The van der Waals surface area contributed by atoms with Crippen LogP contribution in [0.2, 0.25) is 0 Å². The molecule has 1 saturated heterocycles. The first-order valence-electron chi connectivity index (χ1n) is 6.16. The number of carbonyl (C=O) groups excluding carboxylic acids is 1. The Bertz CT molecular complexity index is 541. The maximum Gasteiger partial charge on any atom is 0.324 e. The summed E-state index contributed by atoms with van der Waals surface area (Å²) in [5.41, 5.74) is 0.720. The highest BCUT2D eigenvalue weighted by Crippen LogP contribution is 2.24. The fourth-order valence-electron chi connectivity index (χ4n) is 2.31. The number of carbonyl (C=O) groups is 1. The van der Waals surface area contributed by atoms with Crippen LogP contribution in [0, 0.1) is 0 Å². The number of nitrogens with zero attached hydrogens (tertiary/aromatic N) is 1. The Morgan fingerprint density at radius 2 is 2.05 bits per heavy atom. The van der Waals surface area contributed by atoms with Crippen molar-refractivity contribution in [1.29, 1.82) is 0 Å². The predicted molar refractivity (Wildman–Crippen MR) is 70.8 cm³/mol. The van der Waals surface area contributed by atoms with Gasteiger partial charge in [0.1, 0.15) is 6.04 Å². The molecule has 1 aliphatic heterocycles. The minimum absolute atomic E-state index is 0.0820. The van der Waals surface area contributed by atoms with Crippen molar-refractivity contribution in [2.45, 2.75) is 24.6 Å². The van der Waals surface area contributed by atoms with E-state index in [1.807, 2.05) is 6.07 Å². The van der Waals surface area contributed by atoms with Crippen molar-refractivity contribution in [2.75, 3.05) is 13.7 Å². The van der Waals surface area contributed by atoms with Gasteiger partial charge in [0.2, 0.25) is 10.0 Å². The van der Waals surface area contributed by atoms with Crippen LogP contribution in [0.25, 0.3) is 0 Å². The molecule has 104 valence electrons. The van der Waals surface area contributed by atoms with Crippen LogP contribution < -0.4 is 0 Å². The minimum atomic E-state index is -3.48. The first-order valence-corrected chi connectivity index (χ1v) is 7.77. The number of hydrogen-bond donors (Lipinski definition) is 0. The monoisotopic (exact) mass is 283 g/mol. The number of hydrogen-bond acceptors (Lipinski definition) is 4. The highest BCUT2D eigenvalue weighted by Gasteiger charge is 2.39. The third-order valence-corrected chi connectivity index (χ3v) is 5.08. The van der Waals surface area contributed by atoms with Crippen LogP contribution in [0.4, 0.5) is 0 Å². The number of sulfonamides is 1. The molecule has 1 atom stereocenters. The molecule has 0 unspecified atom stereocenters. The van der Waals surface area contributed by atoms with E-state index in [0.29, 0.717) is 19.4 Å². The Balaban J connectivity index is 2.17. The van der Waals surface area contributed by atoms with Crippen LogP contribution in [0.15, 0.2) is 30.3 Å². The molecule has 0 radical (unpaired) electrons. The number of methoxy groups -OCH3 is 1. The molecule has 0 bridgehead atoms. The first-order chi connectivity index (χ1) is 9.04. The molecule has 19 heavy (non-hydrogen) atoms. The molecule has 0 aliphatic carbocycles. The van der Waals surface area contributed by atoms with Gasteiger partial charge in [-0.25, -0.2) is 8.42 Å². The van der Waals surface area contributed by atoms with Crippen LogP contribution in [-0.4, -0.2) is 38.4 Å². The molecule has 0 saturated carbocycles. The average Bonchev–Trinajstić information content (AvgIpc) is 2.88. The molecule has 1 aromatic carbocycles. The standard InChI is InChI=1S/C13H17NO4S/c1-18-13(15)12-8-5-9-14(12)19(16,17)10-11-6-3-2-4-7-11/h2-4,6-7,12H,5,8-10H2,1H3/t12-/m0/s1. The van der Waals surface area contributed by atoms with E-state index in [4.69, 9.17) is 0 Å². The molecule has 6 heteroatoms. The second kappa shape index (κ2) is 5.71. The molecular weight excluding hydrogens is 266 g/mol. The van der Waals surface area contributed by atoms with Crippen molar-refractivity contribution >= 4 is 16.0 Å². The maximum absolute atomic E-state index is 12.4. The lowest BCUT2D eigenvalue weighted by atomic mass is 10.2. The SMILES string of the molecule is COC(=O)[C@@H]1CCCN1S(=O)(=O)Cc1ccccc1. The fraction of sp³-hybridized carbons (Fsp3) is 0.462. The lowest BCUT2D eigenvalue weighted by Crippen LogP contribution is -2.41. The highest BCUT2D eigenvalue weighted by molar-refractivity contribution is 7.88. The van der Waals surface area contributed by atoms with Crippen molar-refractivity contribution < 1.29 is 17.9 Å². The zero-order chi connectivity index (χ0) is 13.9. The number of benzene rings is 1. The van der Waals surface area contributed by atoms with Gasteiger partial charge < -0.3 is 4.74 Å². The Morgan fingerprint density at radius 1 is 1.37 bits per heavy atom. The van der Waals surface area contributed by atoms with Gasteiger partial charge in [0.15, 0.2) is 0 Å². The summed E-state index contributed by atoms with van der Waals surface area (Å²) in [5.74, 6) is -0.560. The normalized spacial score (nSPS) is 20.4. The molecular formula is C13H17NO4S. The molecule has 1 heterocycles. The summed E-state index contributed by atoms with van der Waals surface area (Å²) in [7, 11) is -2.20. The third-order valence-electron chi connectivity index (χ3n) is 3.23. The Morgan fingerprint density at radius 3 is 2.68 bits per heavy atom. The number of ether oxygens (including phenoxy) is 1. The van der Waals surface area contributed by atoms with Crippen molar-refractivity contribution in [1.82, 2.24) is 4.31 Å². The first kappa shape index (κ1) is 14.0. The van der Waals surface area contributed by atoms with Crippen LogP contribution in [0.5, 0.6) is 0 Å². The van der Waals surface area contributed by atoms with E-state index in [2.05, 4.69) is 4.74 Å². The maximum atomic E-state index is 12.4. The second-order valence-corrected chi connectivity index (χ2v) is 6.46. The van der Waals surface area contributed by atoms with E-state index in [1.54, 1.807) is 24.3 Å². The Hall–Kier alpha value is -1.40. The van der Waals surface area contributed by atoms with Gasteiger partial charge in [-0.3, -0.25) is 4.79 Å². The van der Waals surface area contributed by atoms with Crippen molar-refractivity contribution in [3.05, 3.63) is 35.9 Å². The smallest absolute Gasteiger partial charge is 0.324 e. The number of rotatable bonds is 4. The quantitative estimate of drug-likeness (QED) is 0.778. The van der Waals surface area contributed by atoms with Gasteiger partial charge in [-0.1, -0.05) is 30.3 Å². The van der Waals surface area contributed by atoms with Gasteiger partial charge in [-0.05, 0) is 18.4 Å².